The summed E-state index contributed by atoms with van der Waals surface area (Å²) in [5, 5.41) is 9.90. The smallest absolute Gasteiger partial charge is 0.228 e. The number of benzene rings is 1. The first-order valence-electron chi connectivity index (χ1n) is 8.05. The average molecular weight is 304 g/mol. The summed E-state index contributed by atoms with van der Waals surface area (Å²) < 4.78 is 5.18. The van der Waals surface area contributed by atoms with Crippen LogP contribution in [0, 0.1) is 5.92 Å². The van der Waals surface area contributed by atoms with E-state index in [2.05, 4.69) is 17.0 Å². The summed E-state index contributed by atoms with van der Waals surface area (Å²) >= 11 is 0. The van der Waals surface area contributed by atoms with Gasteiger partial charge in [-0.25, -0.2) is 0 Å². The van der Waals surface area contributed by atoms with Gasteiger partial charge in [-0.05, 0) is 43.5 Å². The van der Waals surface area contributed by atoms with Gasteiger partial charge in [0.15, 0.2) is 0 Å². The first kappa shape index (κ1) is 15.2. The van der Waals surface area contributed by atoms with Gasteiger partial charge in [0.25, 0.3) is 0 Å². The Bertz CT molecular complexity index is 509. The molecule has 1 aromatic carbocycles. The van der Waals surface area contributed by atoms with Crippen LogP contribution in [0.4, 0.5) is 5.69 Å². The molecule has 1 saturated carbocycles. The molecule has 0 spiro atoms. The molecule has 1 aromatic rings. The van der Waals surface area contributed by atoms with E-state index in [0.29, 0.717) is 0 Å². The predicted molar refractivity (Wildman–Crippen MR) is 85.1 cm³/mol. The fourth-order valence-electron chi connectivity index (χ4n) is 3.44. The number of hydrogen-bond donors (Lipinski definition) is 1. The third-order valence-electron chi connectivity index (χ3n) is 4.83. The quantitative estimate of drug-likeness (QED) is 0.919. The lowest BCUT2D eigenvalue weighted by molar-refractivity contribution is -0.138. The number of carbonyl (C=O) groups is 1. The van der Waals surface area contributed by atoms with Crippen molar-refractivity contribution in [2.45, 2.75) is 25.4 Å². The van der Waals surface area contributed by atoms with Gasteiger partial charge in [-0.2, -0.15) is 0 Å². The number of amides is 1. The number of nitrogens with zero attached hydrogens (tertiary/aromatic N) is 2. The Morgan fingerprint density at radius 2 is 1.82 bits per heavy atom. The topological polar surface area (TPSA) is 53.0 Å². The van der Waals surface area contributed by atoms with Crippen LogP contribution in [0.3, 0.4) is 0 Å². The van der Waals surface area contributed by atoms with Crippen LogP contribution in [0.1, 0.15) is 19.3 Å². The van der Waals surface area contributed by atoms with Crippen LogP contribution in [0.25, 0.3) is 0 Å². The van der Waals surface area contributed by atoms with Crippen LogP contribution in [-0.2, 0) is 4.79 Å². The lowest BCUT2D eigenvalue weighted by atomic mass is 10.0. The summed E-state index contributed by atoms with van der Waals surface area (Å²) in [5.74, 6) is 0.819. The molecule has 0 radical (unpaired) electrons. The fourth-order valence-corrected chi connectivity index (χ4v) is 3.44. The van der Waals surface area contributed by atoms with Gasteiger partial charge in [0.2, 0.25) is 5.91 Å². The largest absolute Gasteiger partial charge is 0.497 e. The highest BCUT2D eigenvalue weighted by Gasteiger charge is 2.35. The minimum absolute atomic E-state index is 0.138. The van der Waals surface area contributed by atoms with Gasteiger partial charge < -0.3 is 19.6 Å². The molecule has 5 heteroatoms. The highest BCUT2D eigenvalue weighted by molar-refractivity contribution is 5.80. The maximum atomic E-state index is 12.5. The van der Waals surface area contributed by atoms with Gasteiger partial charge in [0.1, 0.15) is 5.75 Å². The summed E-state index contributed by atoms with van der Waals surface area (Å²) in [7, 11) is 1.66. The van der Waals surface area contributed by atoms with E-state index in [0.717, 1.165) is 56.9 Å². The van der Waals surface area contributed by atoms with E-state index in [1.54, 1.807) is 7.11 Å². The molecule has 3 rings (SSSR count). The Kier molecular flexibility index (Phi) is 4.52. The van der Waals surface area contributed by atoms with E-state index >= 15 is 0 Å². The second-order valence-electron chi connectivity index (χ2n) is 6.12. The monoisotopic (exact) mass is 304 g/mol. The molecule has 2 atom stereocenters. The average Bonchev–Trinajstić information content (AvgIpc) is 3.00. The summed E-state index contributed by atoms with van der Waals surface area (Å²) in [6.45, 7) is 3.13. The van der Waals surface area contributed by atoms with Crippen molar-refractivity contribution in [3.63, 3.8) is 0 Å². The van der Waals surface area contributed by atoms with Crippen LogP contribution in [0.5, 0.6) is 5.75 Å². The number of aliphatic hydroxyl groups excluding tert-OH is 1. The van der Waals surface area contributed by atoms with Crippen LogP contribution < -0.4 is 9.64 Å². The third kappa shape index (κ3) is 3.04. The SMILES string of the molecule is COc1ccc(N2CCN(C(=O)C3CCCC3O)CC2)cc1. The van der Waals surface area contributed by atoms with Crippen molar-refractivity contribution < 1.29 is 14.6 Å². The van der Waals surface area contributed by atoms with Gasteiger partial charge in [-0.1, -0.05) is 0 Å². The molecular formula is C17H24N2O3. The Balaban J connectivity index is 1.56. The van der Waals surface area contributed by atoms with E-state index in [9.17, 15) is 9.90 Å². The number of aliphatic hydroxyl groups is 1. The zero-order chi connectivity index (χ0) is 15.5. The maximum absolute atomic E-state index is 12.5. The second-order valence-corrected chi connectivity index (χ2v) is 6.12. The molecule has 1 aliphatic carbocycles. The number of ether oxygens (including phenoxy) is 1. The van der Waals surface area contributed by atoms with Gasteiger partial charge >= 0.3 is 0 Å². The molecule has 120 valence electrons. The summed E-state index contributed by atoms with van der Waals surface area (Å²) in [6, 6.07) is 8.03. The predicted octanol–water partition coefficient (Wildman–Crippen LogP) is 1.50. The van der Waals surface area contributed by atoms with Crippen LogP contribution in [0.2, 0.25) is 0 Å². The zero-order valence-electron chi connectivity index (χ0n) is 13.1. The van der Waals surface area contributed by atoms with E-state index < -0.39 is 6.10 Å². The van der Waals surface area contributed by atoms with Crippen molar-refractivity contribution in [3.05, 3.63) is 24.3 Å². The number of rotatable bonds is 3. The molecule has 5 nitrogen and oxygen atoms in total. The number of carbonyl (C=O) groups excluding carboxylic acids is 1. The van der Waals surface area contributed by atoms with Gasteiger partial charge in [-0.15, -0.1) is 0 Å². The first-order chi connectivity index (χ1) is 10.7. The molecule has 1 aliphatic heterocycles. The lowest BCUT2D eigenvalue weighted by Crippen LogP contribution is -2.51. The Labute approximate surface area is 131 Å². The fraction of sp³-hybridized carbons (Fsp3) is 0.588. The van der Waals surface area contributed by atoms with Gasteiger partial charge in [0.05, 0.1) is 19.1 Å². The van der Waals surface area contributed by atoms with Crippen molar-refractivity contribution in [2.75, 3.05) is 38.2 Å². The van der Waals surface area contributed by atoms with Gasteiger partial charge in [0, 0.05) is 31.9 Å². The molecule has 1 saturated heterocycles. The van der Waals surface area contributed by atoms with E-state index in [1.165, 1.54) is 0 Å². The van der Waals surface area contributed by atoms with Crippen molar-refractivity contribution in [3.8, 4) is 5.75 Å². The van der Waals surface area contributed by atoms with E-state index in [1.807, 2.05) is 17.0 Å². The molecule has 0 bridgehead atoms. The number of anilines is 1. The third-order valence-corrected chi connectivity index (χ3v) is 4.83. The maximum Gasteiger partial charge on any atom is 0.228 e. The van der Waals surface area contributed by atoms with Crippen LogP contribution >= 0.6 is 0 Å². The molecular weight excluding hydrogens is 280 g/mol. The first-order valence-corrected chi connectivity index (χ1v) is 8.05. The van der Waals surface area contributed by atoms with Crippen molar-refractivity contribution in [1.29, 1.82) is 0 Å². The minimum atomic E-state index is -0.438. The van der Waals surface area contributed by atoms with Crippen LogP contribution in [0.15, 0.2) is 24.3 Å². The number of methoxy groups -OCH3 is 1. The summed E-state index contributed by atoms with van der Waals surface area (Å²) in [6.07, 6.45) is 2.12. The normalized spacial score (nSPS) is 25.4. The second kappa shape index (κ2) is 6.57. The molecule has 1 amide bonds. The highest BCUT2D eigenvalue weighted by Crippen LogP contribution is 2.28. The summed E-state index contributed by atoms with van der Waals surface area (Å²) in [4.78, 5) is 16.7. The molecule has 2 fully saturated rings. The standard InChI is InChI=1S/C17H24N2O3/c1-22-14-7-5-13(6-8-14)18-9-11-19(12-10-18)17(21)15-3-2-4-16(15)20/h5-8,15-16,20H,2-4,9-12H2,1H3. The van der Waals surface area contributed by atoms with Crippen molar-refractivity contribution >= 4 is 11.6 Å². The number of piperazine rings is 1. The molecule has 1 heterocycles. The molecule has 2 unspecified atom stereocenters. The molecule has 22 heavy (non-hydrogen) atoms. The highest BCUT2D eigenvalue weighted by atomic mass is 16.5. The molecule has 2 aliphatic rings. The Morgan fingerprint density at radius 3 is 2.36 bits per heavy atom. The van der Waals surface area contributed by atoms with E-state index in [-0.39, 0.29) is 11.8 Å². The van der Waals surface area contributed by atoms with Gasteiger partial charge in [-0.3, -0.25) is 4.79 Å². The van der Waals surface area contributed by atoms with Crippen molar-refractivity contribution in [1.82, 2.24) is 4.90 Å². The van der Waals surface area contributed by atoms with Crippen molar-refractivity contribution in [2.24, 2.45) is 5.92 Å². The molecule has 0 aromatic heterocycles. The zero-order valence-corrected chi connectivity index (χ0v) is 13.1. The Morgan fingerprint density at radius 1 is 1.14 bits per heavy atom. The summed E-state index contributed by atoms with van der Waals surface area (Å²) in [5.41, 5.74) is 1.16. The Hall–Kier alpha value is -1.75. The molecule has 1 N–H and O–H groups in total. The van der Waals surface area contributed by atoms with E-state index in [4.69, 9.17) is 4.74 Å². The lowest BCUT2D eigenvalue weighted by Gasteiger charge is -2.37. The number of hydrogen-bond acceptors (Lipinski definition) is 4. The van der Waals surface area contributed by atoms with Crippen LogP contribution in [-0.4, -0.2) is 55.3 Å². The minimum Gasteiger partial charge on any atom is -0.497 e.